The second-order valence-electron chi connectivity index (χ2n) is 19.5. The van der Waals surface area contributed by atoms with E-state index in [1.807, 2.05) is 19.1 Å². The number of esters is 3. The molecule has 16 nitrogen and oxygen atoms in total. The van der Waals surface area contributed by atoms with Crippen molar-refractivity contribution < 1.29 is 77.5 Å². The van der Waals surface area contributed by atoms with Gasteiger partial charge in [-0.25, -0.2) is 14.4 Å². The number of carbonyl (C=O) groups excluding carboxylic acids is 3. The largest absolute Gasteiger partial charge is 0.505 e. The minimum Gasteiger partial charge on any atom is -0.505 e. The average Bonchev–Trinajstić information content (AvgIpc) is 3.50. The van der Waals surface area contributed by atoms with E-state index in [2.05, 4.69) is 6.08 Å². The highest BCUT2D eigenvalue weighted by atomic mass is 35.5. The van der Waals surface area contributed by atoms with Gasteiger partial charge in [0.15, 0.2) is 23.9 Å². The molecule has 1 unspecified atom stereocenters. The van der Waals surface area contributed by atoms with Crippen LogP contribution >= 0.6 is 11.6 Å². The summed E-state index contributed by atoms with van der Waals surface area (Å²) in [4.78, 5) is 53.9. The highest BCUT2D eigenvalue weighted by molar-refractivity contribution is 6.32. The summed E-state index contributed by atoms with van der Waals surface area (Å²) >= 11 is 6.30. The van der Waals surface area contributed by atoms with Crippen molar-refractivity contribution in [2.45, 2.75) is 160 Å². The second kappa shape index (κ2) is 19.6. The van der Waals surface area contributed by atoms with Gasteiger partial charge >= 0.3 is 23.9 Å². The SMILES string of the molecule is COc1ccc(Cl)c(C)c1C(=O)O[C@@H]1C[C@H](O[C@H]2[C@H](O)C[C@H](OC3CCC[C@@H]4[C@H]3C=C[C@@H]3CCCC/C=C/[C@@H]5C=C(C(=O)O)[C@H](C)C[C@@]56OC(=O)C(=C6O)OC(=O)[C@@]34C)O[C@@H]2C)O[C@H](C)[C@H]1O. The Bertz CT molecular complexity index is 2210. The number of aliphatic hydroxyl groups excluding tert-OH is 3. The maximum Gasteiger partial charge on any atom is 0.379 e. The molecule has 8 rings (SSSR count). The van der Waals surface area contributed by atoms with Crippen LogP contribution in [0.1, 0.15) is 108 Å². The molecule has 67 heavy (non-hydrogen) atoms. The van der Waals surface area contributed by atoms with E-state index in [1.54, 1.807) is 45.9 Å². The fraction of sp³-hybridized carbons (Fsp3) is 0.640. The molecule has 2 bridgehead atoms. The summed E-state index contributed by atoms with van der Waals surface area (Å²) in [5, 5.41) is 44.6. The van der Waals surface area contributed by atoms with Gasteiger partial charge in [0.25, 0.3) is 5.76 Å². The van der Waals surface area contributed by atoms with Gasteiger partial charge in [-0.05, 0) is 95.2 Å². The third-order valence-corrected chi connectivity index (χ3v) is 15.9. The van der Waals surface area contributed by atoms with E-state index in [9.17, 15) is 39.6 Å². The summed E-state index contributed by atoms with van der Waals surface area (Å²) in [6.45, 7) is 8.63. The Hall–Kier alpha value is -4.29. The van der Waals surface area contributed by atoms with Crippen LogP contribution in [0.25, 0.3) is 0 Å². The molecule has 0 aromatic heterocycles. The molecular weight excluding hydrogens is 892 g/mol. The van der Waals surface area contributed by atoms with E-state index >= 15 is 0 Å². The number of aliphatic carboxylic acids is 1. The summed E-state index contributed by atoms with van der Waals surface area (Å²) in [5.41, 5.74) is -2.00. The molecule has 1 aromatic carbocycles. The van der Waals surface area contributed by atoms with Gasteiger partial charge in [0.2, 0.25) is 0 Å². The van der Waals surface area contributed by atoms with Gasteiger partial charge in [0, 0.05) is 41.7 Å². The molecule has 3 fully saturated rings. The van der Waals surface area contributed by atoms with Gasteiger partial charge in [0.1, 0.15) is 29.6 Å². The van der Waals surface area contributed by atoms with Crippen LogP contribution in [0.3, 0.4) is 0 Å². The molecule has 7 aliphatic rings. The molecule has 17 heteroatoms. The maximum atomic E-state index is 14.8. The van der Waals surface area contributed by atoms with E-state index < -0.39 is 114 Å². The first-order valence-corrected chi connectivity index (χ1v) is 24.0. The highest BCUT2D eigenvalue weighted by Gasteiger charge is 2.60. The molecule has 1 saturated carbocycles. The number of benzene rings is 1. The Balaban J connectivity index is 0.952. The number of fused-ring (bicyclic) bond motifs is 3. The third-order valence-electron chi connectivity index (χ3n) is 15.5. The molecule has 3 aliphatic carbocycles. The molecule has 1 spiro atoms. The fourth-order valence-corrected chi connectivity index (χ4v) is 11.8. The normalized spacial score (nSPS) is 40.5. The molecule has 1 aromatic rings. The monoisotopic (exact) mass is 954 g/mol. The Morgan fingerprint density at radius 3 is 2.39 bits per heavy atom. The molecular formula is C50H63ClO16. The minimum absolute atomic E-state index is 0.00846. The lowest BCUT2D eigenvalue weighted by Crippen LogP contribution is -2.56. The number of aliphatic hydroxyl groups is 3. The number of carbonyl (C=O) groups is 4. The number of methoxy groups -OCH3 is 1. The quantitative estimate of drug-likeness (QED) is 0.117. The number of hydrogen-bond acceptors (Lipinski definition) is 15. The van der Waals surface area contributed by atoms with Crippen LogP contribution in [0, 0.1) is 41.9 Å². The Morgan fingerprint density at radius 2 is 1.66 bits per heavy atom. The smallest absolute Gasteiger partial charge is 0.379 e. The zero-order chi connectivity index (χ0) is 48.1. The lowest BCUT2D eigenvalue weighted by molar-refractivity contribution is -0.318. The van der Waals surface area contributed by atoms with Gasteiger partial charge in [-0.1, -0.05) is 61.7 Å². The fourth-order valence-electron chi connectivity index (χ4n) is 11.7. The standard InChI is InChI=1S/C50H63ClO16/c1-24-23-50-29(20-31(24)45(55)56)13-10-8-7-9-12-28-16-17-30-32(49(28,5)48(59)66-43(44(50)54)47(58)67-50)14-11-15-35(30)63-38-21-34(52)42(27(4)62-38)65-39-22-37(41(53)26(3)61-39)64-46(57)40-25(2)33(51)18-19-36(40)60-6/h10,13,16-20,24,26-30,32,34-35,37-39,41-42,52-54H,7-9,11-12,14-15,21-23H2,1-6H3,(H,55,56)/b13-10+/t24-,26-,27-,28+,29-,30-,32-,34-,35?,37-,38+,39+,41-,42-,49+,50-/m1/s1. The van der Waals surface area contributed by atoms with Crippen LogP contribution < -0.4 is 4.74 Å². The number of allylic oxidation sites excluding steroid dienone is 2. The van der Waals surface area contributed by atoms with E-state index in [0.717, 1.165) is 12.8 Å². The van der Waals surface area contributed by atoms with Crippen molar-refractivity contribution in [1.29, 1.82) is 0 Å². The number of carboxylic acid groups (broad SMARTS) is 1. The van der Waals surface area contributed by atoms with Gasteiger partial charge < -0.3 is 58.3 Å². The van der Waals surface area contributed by atoms with Gasteiger partial charge in [0.05, 0.1) is 36.9 Å². The maximum absolute atomic E-state index is 14.8. The molecule has 4 N–H and O–H groups in total. The zero-order valence-electron chi connectivity index (χ0n) is 38.8. The first-order valence-electron chi connectivity index (χ1n) is 23.6. The van der Waals surface area contributed by atoms with Crippen molar-refractivity contribution >= 4 is 35.5 Å². The van der Waals surface area contributed by atoms with Crippen LogP contribution in [0.5, 0.6) is 5.75 Å². The predicted octanol–water partition coefficient (Wildman–Crippen LogP) is 6.96. The average molecular weight is 955 g/mol. The first kappa shape index (κ1) is 49.1. The molecule has 16 atom stereocenters. The Kier molecular flexibility index (Phi) is 14.4. The van der Waals surface area contributed by atoms with Crippen LogP contribution in [-0.4, -0.2) is 112 Å². The molecule has 2 saturated heterocycles. The number of hydrogen-bond donors (Lipinski definition) is 4. The first-order chi connectivity index (χ1) is 31.9. The summed E-state index contributed by atoms with van der Waals surface area (Å²) in [7, 11) is 1.43. The van der Waals surface area contributed by atoms with Gasteiger partial charge in [-0.15, -0.1) is 0 Å². The lowest BCUT2D eigenvalue weighted by Gasteiger charge is -2.51. The summed E-state index contributed by atoms with van der Waals surface area (Å²) in [6.07, 6.45) is 6.54. The van der Waals surface area contributed by atoms with E-state index in [1.165, 1.54) is 13.2 Å². The number of rotatable bonds is 8. The van der Waals surface area contributed by atoms with E-state index in [4.69, 9.17) is 49.5 Å². The molecule has 4 heterocycles. The molecule has 366 valence electrons. The zero-order valence-corrected chi connectivity index (χ0v) is 39.5. The van der Waals surface area contributed by atoms with Crippen molar-refractivity contribution in [3.8, 4) is 5.75 Å². The van der Waals surface area contributed by atoms with Crippen LogP contribution in [0.4, 0.5) is 0 Å². The summed E-state index contributed by atoms with van der Waals surface area (Å²) in [6, 6.07) is 3.18. The second-order valence-corrected chi connectivity index (χ2v) is 20.0. The Morgan fingerprint density at radius 1 is 0.910 bits per heavy atom. The van der Waals surface area contributed by atoms with Crippen molar-refractivity contribution in [1.82, 2.24) is 0 Å². The summed E-state index contributed by atoms with van der Waals surface area (Å²) in [5.74, 6) is -6.44. The van der Waals surface area contributed by atoms with Crippen molar-refractivity contribution in [3.05, 3.63) is 75.8 Å². The summed E-state index contributed by atoms with van der Waals surface area (Å²) < 4.78 is 48.4. The van der Waals surface area contributed by atoms with Crippen LogP contribution in [-0.2, 0) is 47.5 Å². The van der Waals surface area contributed by atoms with Crippen molar-refractivity contribution in [2.24, 2.45) is 35.0 Å². The van der Waals surface area contributed by atoms with E-state index in [-0.39, 0.29) is 53.9 Å². The molecule has 4 aliphatic heterocycles. The molecule has 0 amide bonds. The molecule has 0 radical (unpaired) electrons. The number of ether oxygens (including phenoxy) is 8. The minimum atomic E-state index is -1.62. The Labute approximate surface area is 395 Å². The highest BCUT2D eigenvalue weighted by Crippen LogP contribution is 2.55. The number of halogens is 1. The topological polar surface area (TPSA) is 223 Å². The number of carboxylic acids is 1. The lowest BCUT2D eigenvalue weighted by atomic mass is 9.55. The van der Waals surface area contributed by atoms with Gasteiger partial charge in [-0.2, -0.15) is 0 Å². The predicted molar refractivity (Wildman–Crippen MR) is 238 cm³/mol. The van der Waals surface area contributed by atoms with Crippen LogP contribution in [0.15, 0.2) is 59.6 Å². The van der Waals surface area contributed by atoms with Crippen LogP contribution in [0.2, 0.25) is 5.02 Å². The van der Waals surface area contributed by atoms with Crippen molar-refractivity contribution in [3.63, 3.8) is 0 Å². The van der Waals surface area contributed by atoms with Gasteiger partial charge in [-0.3, -0.25) is 4.79 Å². The van der Waals surface area contributed by atoms with Crippen molar-refractivity contribution in [2.75, 3.05) is 7.11 Å². The third kappa shape index (κ3) is 9.19. The van der Waals surface area contributed by atoms with E-state index in [0.29, 0.717) is 42.7 Å².